The molecule has 1 radical (unpaired) electrons. The zero-order chi connectivity index (χ0) is 16.2. The van der Waals surface area contributed by atoms with E-state index in [-0.39, 0.29) is 0 Å². The molecular weight excluding hydrogens is 273 g/mol. The molecule has 0 saturated carbocycles. The Hall–Kier alpha value is -0.835. The molecule has 1 aliphatic rings. The normalized spacial score (nSPS) is 17.5. The van der Waals surface area contributed by atoms with Crippen LogP contribution in [0, 0.1) is 0 Å². The molecule has 2 rings (SSSR count). The van der Waals surface area contributed by atoms with Gasteiger partial charge in [-0.1, -0.05) is 36.1 Å². The van der Waals surface area contributed by atoms with Crippen molar-refractivity contribution in [3.05, 3.63) is 29.8 Å². The molecule has 1 N–H and O–H groups in total. The van der Waals surface area contributed by atoms with Crippen LogP contribution < -0.4 is 5.46 Å². The third kappa shape index (κ3) is 4.84. The summed E-state index contributed by atoms with van der Waals surface area (Å²) in [4.78, 5) is 2.52. The average molecular weight is 302 g/mol. The molecule has 1 aromatic rings. The SMILES string of the molecule is CC(C)(O)C(C)(C)O[B]c1ccc(CN2CCCCC2)cc1. The molecule has 1 heterocycles. The molecule has 1 saturated heterocycles. The number of piperidine rings is 1. The Morgan fingerprint density at radius 2 is 1.64 bits per heavy atom. The number of hydrogen-bond acceptors (Lipinski definition) is 3. The summed E-state index contributed by atoms with van der Waals surface area (Å²) >= 11 is 0. The van der Waals surface area contributed by atoms with Crippen molar-refractivity contribution < 1.29 is 9.76 Å². The van der Waals surface area contributed by atoms with E-state index in [0.29, 0.717) is 0 Å². The zero-order valence-corrected chi connectivity index (χ0v) is 14.4. The topological polar surface area (TPSA) is 32.7 Å². The minimum absolute atomic E-state index is 0.626. The number of likely N-dealkylation sites (tertiary alicyclic amines) is 1. The summed E-state index contributed by atoms with van der Waals surface area (Å²) in [5.41, 5.74) is 0.859. The van der Waals surface area contributed by atoms with Crippen molar-refractivity contribution >= 4 is 12.9 Å². The molecule has 0 amide bonds. The van der Waals surface area contributed by atoms with Gasteiger partial charge in [-0.3, -0.25) is 4.90 Å². The molecule has 0 bridgehead atoms. The lowest BCUT2D eigenvalue weighted by molar-refractivity contribution is -0.0893. The van der Waals surface area contributed by atoms with Crippen LogP contribution in [-0.4, -0.2) is 41.8 Å². The van der Waals surface area contributed by atoms with Crippen LogP contribution in [0.4, 0.5) is 0 Å². The van der Waals surface area contributed by atoms with E-state index < -0.39 is 11.2 Å². The Morgan fingerprint density at radius 3 is 2.18 bits per heavy atom. The van der Waals surface area contributed by atoms with Gasteiger partial charge in [0.25, 0.3) is 0 Å². The predicted molar refractivity (Wildman–Crippen MR) is 92.4 cm³/mol. The van der Waals surface area contributed by atoms with Crippen LogP contribution in [-0.2, 0) is 11.2 Å². The van der Waals surface area contributed by atoms with Crippen molar-refractivity contribution in [1.29, 1.82) is 0 Å². The van der Waals surface area contributed by atoms with Crippen LogP contribution in [0.1, 0.15) is 52.5 Å². The second-order valence-corrected chi connectivity index (χ2v) is 7.38. The van der Waals surface area contributed by atoms with Gasteiger partial charge >= 0.3 is 7.48 Å². The van der Waals surface area contributed by atoms with Crippen molar-refractivity contribution in [3.63, 3.8) is 0 Å². The highest BCUT2D eigenvalue weighted by Crippen LogP contribution is 2.24. The van der Waals surface area contributed by atoms with E-state index in [1.807, 2.05) is 13.8 Å². The van der Waals surface area contributed by atoms with Crippen LogP contribution in [0.5, 0.6) is 0 Å². The van der Waals surface area contributed by atoms with E-state index in [0.717, 1.165) is 12.0 Å². The maximum absolute atomic E-state index is 10.1. The van der Waals surface area contributed by atoms with E-state index in [1.54, 1.807) is 21.3 Å². The molecule has 3 nitrogen and oxygen atoms in total. The number of nitrogens with zero attached hydrogens (tertiary/aromatic N) is 1. The number of rotatable bonds is 6. The van der Waals surface area contributed by atoms with Crippen LogP contribution in [0.3, 0.4) is 0 Å². The molecular formula is C18H29BNO2. The van der Waals surface area contributed by atoms with Gasteiger partial charge in [0, 0.05) is 6.54 Å². The first kappa shape index (κ1) is 17.5. The van der Waals surface area contributed by atoms with E-state index in [4.69, 9.17) is 4.65 Å². The summed E-state index contributed by atoms with van der Waals surface area (Å²) in [5.74, 6) is 0. The Morgan fingerprint density at radius 1 is 1.05 bits per heavy atom. The van der Waals surface area contributed by atoms with Crippen molar-refractivity contribution in [2.24, 2.45) is 0 Å². The van der Waals surface area contributed by atoms with E-state index in [1.165, 1.54) is 37.9 Å². The van der Waals surface area contributed by atoms with Gasteiger partial charge in [-0.05, 0) is 59.2 Å². The Kier molecular flexibility index (Phi) is 5.70. The Balaban J connectivity index is 1.86. The van der Waals surface area contributed by atoms with Gasteiger partial charge < -0.3 is 9.76 Å². The Labute approximate surface area is 135 Å². The molecule has 121 valence electrons. The predicted octanol–water partition coefficient (Wildman–Crippen LogP) is 2.48. The first-order valence-electron chi connectivity index (χ1n) is 8.33. The third-order valence-electron chi connectivity index (χ3n) is 4.80. The molecule has 0 aliphatic carbocycles. The van der Waals surface area contributed by atoms with Crippen LogP contribution in [0.15, 0.2) is 24.3 Å². The van der Waals surface area contributed by atoms with Crippen molar-refractivity contribution in [2.75, 3.05) is 13.1 Å². The summed E-state index contributed by atoms with van der Waals surface area (Å²) < 4.78 is 5.78. The Bertz CT molecular complexity index is 459. The zero-order valence-electron chi connectivity index (χ0n) is 14.4. The van der Waals surface area contributed by atoms with Crippen molar-refractivity contribution in [1.82, 2.24) is 4.90 Å². The highest BCUT2D eigenvalue weighted by molar-refractivity contribution is 6.47. The molecule has 1 aromatic carbocycles. The second-order valence-electron chi connectivity index (χ2n) is 7.38. The average Bonchev–Trinajstić information content (AvgIpc) is 2.46. The van der Waals surface area contributed by atoms with Gasteiger partial charge in [0.1, 0.15) is 0 Å². The first-order valence-corrected chi connectivity index (χ1v) is 8.33. The lowest BCUT2D eigenvalue weighted by Gasteiger charge is -2.37. The summed E-state index contributed by atoms with van der Waals surface area (Å²) in [6, 6.07) is 8.50. The van der Waals surface area contributed by atoms with Crippen molar-refractivity contribution in [2.45, 2.75) is 64.7 Å². The minimum atomic E-state index is -0.891. The van der Waals surface area contributed by atoms with E-state index in [9.17, 15) is 5.11 Å². The largest absolute Gasteiger partial charge is 0.427 e. The lowest BCUT2D eigenvalue weighted by atomic mass is 9.82. The van der Waals surface area contributed by atoms with Crippen molar-refractivity contribution in [3.8, 4) is 0 Å². The highest BCUT2D eigenvalue weighted by Gasteiger charge is 2.35. The monoisotopic (exact) mass is 302 g/mol. The summed E-state index contributed by atoms with van der Waals surface area (Å²) in [7, 11) is 1.74. The maximum Gasteiger partial charge on any atom is 0.330 e. The molecule has 4 heteroatoms. The van der Waals surface area contributed by atoms with Gasteiger partial charge in [-0.15, -0.1) is 0 Å². The van der Waals surface area contributed by atoms with Gasteiger partial charge in [0.05, 0.1) is 11.2 Å². The fourth-order valence-electron chi connectivity index (χ4n) is 2.44. The molecule has 0 atom stereocenters. The van der Waals surface area contributed by atoms with Crippen LogP contribution >= 0.6 is 0 Å². The standard InChI is InChI=1S/C18H29BNO2/c1-17(2,21)18(3,4)22-19-16-10-8-15(9-11-16)14-20-12-6-5-7-13-20/h8-11,21H,5-7,12-14H2,1-4H3. The molecule has 0 unspecified atom stereocenters. The van der Waals surface area contributed by atoms with Crippen LogP contribution in [0.2, 0.25) is 0 Å². The molecule has 22 heavy (non-hydrogen) atoms. The smallest absolute Gasteiger partial charge is 0.330 e. The van der Waals surface area contributed by atoms with Gasteiger partial charge in [-0.2, -0.15) is 0 Å². The number of aliphatic hydroxyl groups is 1. The molecule has 1 fully saturated rings. The third-order valence-corrected chi connectivity index (χ3v) is 4.80. The fourth-order valence-corrected chi connectivity index (χ4v) is 2.44. The van der Waals surface area contributed by atoms with Gasteiger partial charge in [-0.25, -0.2) is 0 Å². The lowest BCUT2D eigenvalue weighted by Crippen LogP contribution is -2.49. The summed E-state index contributed by atoms with van der Waals surface area (Å²) in [6.07, 6.45) is 4.02. The fraction of sp³-hybridized carbons (Fsp3) is 0.667. The molecule has 0 spiro atoms. The number of hydrogen-bond donors (Lipinski definition) is 1. The van der Waals surface area contributed by atoms with E-state index >= 15 is 0 Å². The molecule has 1 aliphatic heterocycles. The minimum Gasteiger partial charge on any atom is -0.427 e. The van der Waals surface area contributed by atoms with E-state index in [2.05, 4.69) is 29.2 Å². The summed E-state index contributed by atoms with van der Waals surface area (Å²) in [6.45, 7) is 10.8. The second kappa shape index (κ2) is 7.16. The molecule has 0 aromatic heterocycles. The number of benzene rings is 1. The van der Waals surface area contributed by atoms with Gasteiger partial charge in [0.15, 0.2) is 0 Å². The maximum atomic E-state index is 10.1. The quantitative estimate of drug-likeness (QED) is 0.820. The summed E-state index contributed by atoms with van der Waals surface area (Å²) in [5, 5.41) is 10.1. The first-order chi connectivity index (χ1) is 10.3. The highest BCUT2D eigenvalue weighted by atomic mass is 16.5. The van der Waals surface area contributed by atoms with Gasteiger partial charge in [0.2, 0.25) is 0 Å². The van der Waals surface area contributed by atoms with Crippen LogP contribution in [0.25, 0.3) is 0 Å².